The lowest BCUT2D eigenvalue weighted by Gasteiger charge is -2.26. The van der Waals surface area contributed by atoms with Crippen LogP contribution in [-0.2, 0) is 4.74 Å². The largest absolute Gasteiger partial charge is 0.457 e. The van der Waals surface area contributed by atoms with Gasteiger partial charge in [-0.05, 0) is 37.1 Å². The quantitative estimate of drug-likeness (QED) is 0.493. The third-order valence-corrected chi connectivity index (χ3v) is 5.55. The van der Waals surface area contributed by atoms with Crippen molar-refractivity contribution in [3.63, 3.8) is 0 Å². The molecule has 0 spiro atoms. The summed E-state index contributed by atoms with van der Waals surface area (Å²) < 4.78 is 27.8. The molecule has 2 aromatic heterocycles. The van der Waals surface area contributed by atoms with Gasteiger partial charge in [-0.2, -0.15) is 5.10 Å². The second-order valence-corrected chi connectivity index (χ2v) is 7.71. The van der Waals surface area contributed by atoms with E-state index in [0.717, 1.165) is 12.8 Å². The van der Waals surface area contributed by atoms with Crippen LogP contribution in [0.15, 0.2) is 54.9 Å². The summed E-state index contributed by atoms with van der Waals surface area (Å²) in [7, 11) is 0. The summed E-state index contributed by atoms with van der Waals surface area (Å²) >= 11 is 0. The van der Waals surface area contributed by atoms with Crippen LogP contribution in [0.25, 0.3) is 16.8 Å². The number of nitrogens with two attached hydrogens (primary N) is 1. The summed E-state index contributed by atoms with van der Waals surface area (Å²) in [5.41, 5.74) is 7.32. The van der Waals surface area contributed by atoms with E-state index < -0.39 is 5.82 Å². The minimum absolute atomic E-state index is 0.000371. The summed E-state index contributed by atoms with van der Waals surface area (Å²) in [5.74, 6) is 1.25. The number of hydrogen-bond donors (Lipinski definition) is 2. The van der Waals surface area contributed by atoms with Crippen LogP contribution >= 0.6 is 0 Å². The normalized spacial score (nSPS) is 18.7. The average molecular weight is 435 g/mol. The number of ether oxygens (including phenoxy) is 2. The molecule has 1 aliphatic heterocycles. The molecule has 8 nitrogen and oxygen atoms in total. The molecule has 3 heterocycles. The predicted molar refractivity (Wildman–Crippen MR) is 116 cm³/mol. The Kier molecular flexibility index (Phi) is 5.42. The maximum absolute atomic E-state index is 15.0. The van der Waals surface area contributed by atoms with E-state index in [2.05, 4.69) is 15.1 Å². The fraction of sp³-hybridized carbons (Fsp3) is 0.261. The number of benzene rings is 2. The van der Waals surface area contributed by atoms with Crippen LogP contribution < -0.4 is 10.5 Å². The van der Waals surface area contributed by atoms with E-state index >= 15 is 0 Å². The zero-order valence-electron chi connectivity index (χ0n) is 17.2. The van der Waals surface area contributed by atoms with Crippen LogP contribution in [0.2, 0.25) is 0 Å². The van der Waals surface area contributed by atoms with Gasteiger partial charge in [-0.15, -0.1) is 0 Å². The summed E-state index contributed by atoms with van der Waals surface area (Å²) in [6.07, 6.45) is 2.86. The van der Waals surface area contributed by atoms with Crippen molar-refractivity contribution in [1.29, 1.82) is 0 Å². The molecular weight excluding hydrogens is 413 g/mol. The van der Waals surface area contributed by atoms with E-state index in [4.69, 9.17) is 15.2 Å². The Morgan fingerprint density at radius 1 is 1.16 bits per heavy atom. The van der Waals surface area contributed by atoms with Gasteiger partial charge in [0.15, 0.2) is 11.6 Å². The number of nitrogen functional groups attached to an aromatic ring is 1. The van der Waals surface area contributed by atoms with Gasteiger partial charge in [-0.3, -0.25) is 0 Å². The number of fused-ring (bicyclic) bond motifs is 1. The number of imidazole rings is 1. The number of hydrogen-bond acceptors (Lipinski definition) is 7. The Labute approximate surface area is 183 Å². The first kappa shape index (κ1) is 20.3. The number of nitrogens with zero attached hydrogens (tertiary/aromatic N) is 4. The summed E-state index contributed by atoms with van der Waals surface area (Å²) in [4.78, 5) is 8.80. The number of halogens is 1. The van der Waals surface area contributed by atoms with Gasteiger partial charge in [0.2, 0.25) is 0 Å². The molecule has 0 aliphatic carbocycles. The van der Waals surface area contributed by atoms with Crippen molar-refractivity contribution in [3.8, 4) is 22.8 Å². The molecule has 2 aromatic carbocycles. The molecule has 1 fully saturated rings. The molecule has 5 rings (SSSR count). The maximum Gasteiger partial charge on any atom is 0.157 e. The fourth-order valence-electron chi connectivity index (χ4n) is 3.86. The number of anilines is 1. The first-order valence-corrected chi connectivity index (χ1v) is 10.4. The molecule has 0 bridgehead atoms. The Balaban J connectivity index is 1.43. The molecule has 1 saturated heterocycles. The highest BCUT2D eigenvalue weighted by molar-refractivity contribution is 5.84. The molecule has 0 saturated carbocycles. The van der Waals surface area contributed by atoms with E-state index in [9.17, 15) is 9.50 Å². The van der Waals surface area contributed by atoms with Crippen molar-refractivity contribution in [2.24, 2.45) is 0 Å². The molecule has 2 unspecified atom stereocenters. The van der Waals surface area contributed by atoms with Gasteiger partial charge in [0.25, 0.3) is 0 Å². The molecular formula is C23H22FN5O3. The van der Waals surface area contributed by atoms with Crippen molar-refractivity contribution in [1.82, 2.24) is 19.6 Å². The van der Waals surface area contributed by atoms with Gasteiger partial charge >= 0.3 is 0 Å². The van der Waals surface area contributed by atoms with Crippen LogP contribution in [0, 0.1) is 5.82 Å². The SMILES string of the molecule is Nc1nc(C2CCC(CO)OC2)nn2cnc(-c3ccc(Oc4ccccc4)cc3F)c12. The zero-order chi connectivity index (χ0) is 22.1. The lowest BCUT2D eigenvalue weighted by atomic mass is 9.98. The van der Waals surface area contributed by atoms with Crippen LogP contribution in [0.3, 0.4) is 0 Å². The standard InChI is InChI=1S/C23H22FN5O3/c24-19-10-16(32-15-4-2-1-3-5-15)8-9-18(19)20-21-22(25)27-23(28-29(21)13-26-20)14-6-7-17(11-30)31-12-14/h1-5,8-10,13-14,17,30H,6-7,11-12H2,(H2,25,27,28). The van der Waals surface area contributed by atoms with E-state index in [-0.39, 0.29) is 30.0 Å². The van der Waals surface area contributed by atoms with Crippen LogP contribution in [-0.4, -0.2) is 44.0 Å². The van der Waals surface area contributed by atoms with Gasteiger partial charge in [-0.1, -0.05) is 18.2 Å². The topological polar surface area (TPSA) is 108 Å². The summed E-state index contributed by atoms with van der Waals surface area (Å²) in [6, 6.07) is 13.8. The van der Waals surface area contributed by atoms with Crippen LogP contribution in [0.4, 0.5) is 10.2 Å². The highest BCUT2D eigenvalue weighted by Crippen LogP contribution is 2.33. The summed E-state index contributed by atoms with van der Waals surface area (Å²) in [5, 5.41) is 13.8. The predicted octanol–water partition coefficient (Wildman–Crippen LogP) is 3.56. The Bertz CT molecular complexity index is 1240. The lowest BCUT2D eigenvalue weighted by molar-refractivity contribution is -0.0283. The molecule has 3 N–H and O–H groups in total. The molecule has 0 radical (unpaired) electrons. The van der Waals surface area contributed by atoms with E-state index in [0.29, 0.717) is 35.1 Å². The second-order valence-electron chi connectivity index (χ2n) is 7.71. The monoisotopic (exact) mass is 435 g/mol. The highest BCUT2D eigenvalue weighted by Gasteiger charge is 2.26. The van der Waals surface area contributed by atoms with E-state index in [1.165, 1.54) is 16.9 Å². The number of aliphatic hydroxyl groups excluding tert-OH is 1. The molecule has 1 aliphatic rings. The number of para-hydroxylation sites is 1. The second kappa shape index (κ2) is 8.52. The molecule has 4 aromatic rings. The fourth-order valence-corrected chi connectivity index (χ4v) is 3.86. The average Bonchev–Trinajstić information content (AvgIpc) is 3.24. The van der Waals surface area contributed by atoms with Crippen LogP contribution in [0.1, 0.15) is 24.6 Å². The van der Waals surface area contributed by atoms with Gasteiger partial charge in [0.05, 0.1) is 19.3 Å². The summed E-state index contributed by atoms with van der Waals surface area (Å²) in [6.45, 7) is 0.412. The highest BCUT2D eigenvalue weighted by atomic mass is 19.1. The Morgan fingerprint density at radius 2 is 2.00 bits per heavy atom. The third kappa shape index (κ3) is 3.88. The Hall–Kier alpha value is -3.56. The minimum Gasteiger partial charge on any atom is -0.457 e. The molecule has 164 valence electrons. The van der Waals surface area contributed by atoms with Crippen molar-refractivity contribution in [3.05, 3.63) is 66.5 Å². The van der Waals surface area contributed by atoms with Crippen molar-refractivity contribution in [2.75, 3.05) is 18.9 Å². The minimum atomic E-state index is -0.488. The number of rotatable bonds is 5. The van der Waals surface area contributed by atoms with Gasteiger partial charge in [0.1, 0.15) is 34.9 Å². The molecule has 0 amide bonds. The number of aliphatic hydroxyl groups is 1. The van der Waals surface area contributed by atoms with Gasteiger partial charge in [0, 0.05) is 17.5 Å². The zero-order valence-corrected chi connectivity index (χ0v) is 17.2. The third-order valence-electron chi connectivity index (χ3n) is 5.55. The maximum atomic E-state index is 15.0. The van der Waals surface area contributed by atoms with Crippen LogP contribution in [0.5, 0.6) is 11.5 Å². The van der Waals surface area contributed by atoms with Gasteiger partial charge < -0.3 is 20.3 Å². The van der Waals surface area contributed by atoms with Crippen molar-refractivity contribution in [2.45, 2.75) is 24.9 Å². The lowest BCUT2D eigenvalue weighted by Crippen LogP contribution is -2.28. The molecule has 2 atom stereocenters. The molecule has 9 heteroatoms. The first-order chi connectivity index (χ1) is 15.6. The first-order valence-electron chi connectivity index (χ1n) is 10.4. The Morgan fingerprint density at radius 3 is 2.72 bits per heavy atom. The number of aromatic nitrogens is 4. The van der Waals surface area contributed by atoms with Crippen molar-refractivity contribution < 1.29 is 19.0 Å². The van der Waals surface area contributed by atoms with E-state index in [1.807, 2.05) is 18.2 Å². The smallest absolute Gasteiger partial charge is 0.157 e. The van der Waals surface area contributed by atoms with Crippen molar-refractivity contribution >= 4 is 11.3 Å². The molecule has 32 heavy (non-hydrogen) atoms. The van der Waals surface area contributed by atoms with Gasteiger partial charge in [-0.25, -0.2) is 18.9 Å². The van der Waals surface area contributed by atoms with E-state index in [1.54, 1.807) is 24.3 Å².